The summed E-state index contributed by atoms with van der Waals surface area (Å²) in [7, 11) is -3.92. The van der Waals surface area contributed by atoms with Crippen LogP contribution in [-0.4, -0.2) is 27.5 Å². The monoisotopic (exact) mass is 381 g/mol. The van der Waals surface area contributed by atoms with Gasteiger partial charge in [0.2, 0.25) is 0 Å². The highest BCUT2D eigenvalue weighted by Gasteiger charge is 2.28. The van der Waals surface area contributed by atoms with Gasteiger partial charge in [0, 0.05) is 5.02 Å². The molecule has 134 valence electrons. The van der Waals surface area contributed by atoms with E-state index in [1.807, 2.05) is 6.92 Å². The van der Waals surface area contributed by atoms with Crippen LogP contribution in [0.3, 0.4) is 0 Å². The number of halogens is 1. The average Bonchev–Trinajstić information content (AvgIpc) is 2.56. The fraction of sp³-hybridized carbons (Fsp3) is 0.278. The molecule has 0 N–H and O–H groups in total. The summed E-state index contributed by atoms with van der Waals surface area (Å²) in [4.78, 5) is 12.1. The summed E-state index contributed by atoms with van der Waals surface area (Å²) in [5, 5.41) is 0.521. The van der Waals surface area contributed by atoms with Gasteiger partial charge >= 0.3 is 5.97 Å². The number of carbonyl (C=O) groups is 1. The Labute approximate surface area is 153 Å². The van der Waals surface area contributed by atoms with Crippen LogP contribution in [0, 0.1) is 13.8 Å². The van der Waals surface area contributed by atoms with Crippen LogP contribution in [0.1, 0.15) is 18.1 Å². The van der Waals surface area contributed by atoms with Gasteiger partial charge in [0.25, 0.3) is 10.0 Å². The Hall–Kier alpha value is -2.05. The van der Waals surface area contributed by atoms with Crippen molar-refractivity contribution >= 4 is 33.3 Å². The number of aryl methyl sites for hydroxylation is 2. The average molecular weight is 382 g/mol. The summed E-state index contributed by atoms with van der Waals surface area (Å²) in [5.41, 5.74) is 2.01. The largest absolute Gasteiger partial charge is 0.465 e. The Morgan fingerprint density at radius 1 is 1.12 bits per heavy atom. The molecule has 0 saturated carbocycles. The van der Waals surface area contributed by atoms with Crippen LogP contribution in [0.4, 0.5) is 5.69 Å². The minimum absolute atomic E-state index is 0.106. The van der Waals surface area contributed by atoms with Crippen molar-refractivity contribution in [2.75, 3.05) is 17.5 Å². The topological polar surface area (TPSA) is 63.7 Å². The van der Waals surface area contributed by atoms with Gasteiger partial charge in [-0.2, -0.15) is 0 Å². The van der Waals surface area contributed by atoms with E-state index < -0.39 is 22.5 Å². The minimum Gasteiger partial charge on any atom is -0.465 e. The lowest BCUT2D eigenvalue weighted by molar-refractivity contribution is -0.141. The molecule has 0 aromatic heterocycles. The number of esters is 1. The molecule has 0 fully saturated rings. The molecule has 0 heterocycles. The highest BCUT2D eigenvalue weighted by Crippen LogP contribution is 2.27. The predicted octanol–water partition coefficient (Wildman–Crippen LogP) is 3.72. The Bertz CT molecular complexity index is 863. The molecule has 0 saturated heterocycles. The highest BCUT2D eigenvalue weighted by molar-refractivity contribution is 7.92. The van der Waals surface area contributed by atoms with Gasteiger partial charge < -0.3 is 4.74 Å². The van der Waals surface area contributed by atoms with Crippen molar-refractivity contribution in [3.63, 3.8) is 0 Å². The second-order valence-electron chi connectivity index (χ2n) is 5.56. The molecule has 2 rings (SSSR count). The smallest absolute Gasteiger partial charge is 0.326 e. The molecule has 0 amide bonds. The van der Waals surface area contributed by atoms with E-state index in [0.717, 1.165) is 9.87 Å². The normalized spacial score (nSPS) is 11.2. The van der Waals surface area contributed by atoms with Gasteiger partial charge in [-0.05, 0) is 56.7 Å². The summed E-state index contributed by atoms with van der Waals surface area (Å²) in [6.07, 6.45) is 0. The van der Waals surface area contributed by atoms with E-state index >= 15 is 0 Å². The third-order valence-corrected chi connectivity index (χ3v) is 5.83. The zero-order valence-corrected chi connectivity index (χ0v) is 15.9. The first-order valence-electron chi connectivity index (χ1n) is 7.77. The molecule has 0 aliphatic heterocycles. The van der Waals surface area contributed by atoms with Gasteiger partial charge in [0.1, 0.15) is 6.54 Å². The van der Waals surface area contributed by atoms with E-state index in [1.54, 1.807) is 44.2 Å². The van der Waals surface area contributed by atoms with Gasteiger partial charge in [-0.3, -0.25) is 9.10 Å². The molecule has 0 bridgehead atoms. The maximum Gasteiger partial charge on any atom is 0.326 e. The molecule has 0 atom stereocenters. The zero-order valence-electron chi connectivity index (χ0n) is 14.3. The van der Waals surface area contributed by atoms with Crippen LogP contribution < -0.4 is 4.31 Å². The van der Waals surface area contributed by atoms with Gasteiger partial charge in [-0.1, -0.05) is 29.3 Å². The maximum atomic E-state index is 13.1. The molecule has 7 heteroatoms. The number of benzene rings is 2. The van der Waals surface area contributed by atoms with Crippen LogP contribution in [0.25, 0.3) is 0 Å². The van der Waals surface area contributed by atoms with Gasteiger partial charge in [0.15, 0.2) is 0 Å². The fourth-order valence-corrected chi connectivity index (χ4v) is 3.78. The van der Waals surface area contributed by atoms with Crippen molar-refractivity contribution in [3.8, 4) is 0 Å². The predicted molar refractivity (Wildman–Crippen MR) is 98.5 cm³/mol. The number of hydrogen-bond donors (Lipinski definition) is 0. The number of hydrogen-bond acceptors (Lipinski definition) is 4. The molecule has 5 nitrogen and oxygen atoms in total. The lowest BCUT2D eigenvalue weighted by atomic mass is 10.2. The van der Waals surface area contributed by atoms with E-state index in [9.17, 15) is 13.2 Å². The van der Waals surface area contributed by atoms with Crippen LogP contribution in [0.2, 0.25) is 5.02 Å². The van der Waals surface area contributed by atoms with Gasteiger partial charge in [-0.15, -0.1) is 0 Å². The Balaban J connectivity index is 2.51. The van der Waals surface area contributed by atoms with E-state index in [4.69, 9.17) is 16.3 Å². The standard InChI is InChI=1S/C18H20ClNO4S/c1-4-24-18(21)12-20(15-7-10-17(19)14(3)11-15)25(22,23)16-8-5-13(2)6-9-16/h5-11H,4,12H2,1-3H3. The third-order valence-electron chi connectivity index (χ3n) is 3.62. The Morgan fingerprint density at radius 2 is 1.76 bits per heavy atom. The Kier molecular flexibility index (Phi) is 6.08. The van der Waals surface area contributed by atoms with E-state index in [2.05, 4.69) is 0 Å². The molecular weight excluding hydrogens is 362 g/mol. The van der Waals surface area contributed by atoms with Crippen molar-refractivity contribution in [1.29, 1.82) is 0 Å². The van der Waals surface area contributed by atoms with Crippen LogP contribution in [-0.2, 0) is 19.6 Å². The SMILES string of the molecule is CCOC(=O)CN(c1ccc(Cl)c(C)c1)S(=O)(=O)c1ccc(C)cc1. The van der Waals surface area contributed by atoms with E-state index in [1.165, 1.54) is 12.1 Å². The quantitative estimate of drug-likeness (QED) is 0.715. The van der Waals surface area contributed by atoms with Crippen LogP contribution in [0.15, 0.2) is 47.4 Å². The van der Waals surface area contributed by atoms with Crippen molar-refractivity contribution in [2.45, 2.75) is 25.7 Å². The summed E-state index contributed by atoms with van der Waals surface area (Å²) < 4.78 is 32.1. The molecule has 0 unspecified atom stereocenters. The van der Waals surface area contributed by atoms with Gasteiger partial charge in [-0.25, -0.2) is 8.42 Å². The number of nitrogens with zero attached hydrogens (tertiary/aromatic N) is 1. The summed E-state index contributed by atoms with van der Waals surface area (Å²) >= 11 is 6.03. The third kappa shape index (κ3) is 4.52. The first-order chi connectivity index (χ1) is 11.8. The number of rotatable bonds is 6. The van der Waals surface area contributed by atoms with E-state index in [-0.39, 0.29) is 11.5 Å². The van der Waals surface area contributed by atoms with E-state index in [0.29, 0.717) is 16.3 Å². The summed E-state index contributed by atoms with van der Waals surface area (Å²) in [5.74, 6) is -0.620. The summed E-state index contributed by atoms with van der Waals surface area (Å²) in [6.45, 7) is 5.08. The highest BCUT2D eigenvalue weighted by atomic mass is 35.5. The van der Waals surface area contributed by atoms with Crippen molar-refractivity contribution in [2.24, 2.45) is 0 Å². The minimum atomic E-state index is -3.92. The molecular formula is C18H20ClNO4S. The molecule has 0 aliphatic carbocycles. The lowest BCUT2D eigenvalue weighted by Gasteiger charge is -2.24. The second-order valence-corrected chi connectivity index (χ2v) is 7.83. The first-order valence-corrected chi connectivity index (χ1v) is 9.58. The molecule has 2 aromatic rings. The Morgan fingerprint density at radius 3 is 2.32 bits per heavy atom. The van der Waals surface area contributed by atoms with Crippen LogP contribution >= 0.6 is 11.6 Å². The number of sulfonamides is 1. The van der Waals surface area contributed by atoms with Crippen molar-refractivity contribution < 1.29 is 17.9 Å². The van der Waals surface area contributed by atoms with Gasteiger partial charge in [0.05, 0.1) is 17.2 Å². The molecule has 0 aliphatic rings. The molecule has 0 radical (unpaired) electrons. The summed E-state index contributed by atoms with van der Waals surface area (Å²) in [6, 6.07) is 11.3. The number of carbonyl (C=O) groups excluding carboxylic acids is 1. The van der Waals surface area contributed by atoms with Crippen molar-refractivity contribution in [3.05, 3.63) is 58.6 Å². The maximum absolute atomic E-state index is 13.1. The van der Waals surface area contributed by atoms with Crippen LogP contribution in [0.5, 0.6) is 0 Å². The first kappa shape index (κ1) is 19.3. The number of anilines is 1. The molecule has 25 heavy (non-hydrogen) atoms. The molecule has 0 spiro atoms. The van der Waals surface area contributed by atoms with Crippen molar-refractivity contribution in [1.82, 2.24) is 0 Å². The molecule has 2 aromatic carbocycles. The fourth-order valence-electron chi connectivity index (χ4n) is 2.26. The second kappa shape index (κ2) is 7.89. The number of ether oxygens (including phenoxy) is 1. The lowest BCUT2D eigenvalue weighted by Crippen LogP contribution is -2.36. The zero-order chi connectivity index (χ0) is 18.6.